The van der Waals surface area contributed by atoms with Gasteiger partial charge in [-0.1, -0.05) is 44.4 Å². The SMILES string of the molecule is CCCC1(c2ccccc2C(F)(F)F)NCCCC12CCCCC2O. The van der Waals surface area contributed by atoms with E-state index in [-0.39, 0.29) is 0 Å². The second kappa shape index (κ2) is 6.92. The Morgan fingerprint density at radius 2 is 1.88 bits per heavy atom. The fraction of sp³-hybridized carbons (Fsp3) is 0.700. The molecule has 2 fully saturated rings. The normalized spacial score (nSPS) is 33.6. The molecular formula is C20H28F3NO. The number of nitrogens with one attached hydrogen (secondary N) is 1. The third kappa shape index (κ3) is 2.99. The molecule has 25 heavy (non-hydrogen) atoms. The van der Waals surface area contributed by atoms with Crippen molar-refractivity contribution in [2.75, 3.05) is 6.54 Å². The minimum Gasteiger partial charge on any atom is -0.392 e. The molecule has 1 aromatic carbocycles. The van der Waals surface area contributed by atoms with E-state index in [9.17, 15) is 18.3 Å². The van der Waals surface area contributed by atoms with Gasteiger partial charge in [0.1, 0.15) is 0 Å². The van der Waals surface area contributed by atoms with Gasteiger partial charge in [-0.15, -0.1) is 0 Å². The first-order valence-electron chi connectivity index (χ1n) is 9.47. The van der Waals surface area contributed by atoms with Crippen LogP contribution in [0.5, 0.6) is 0 Å². The fourth-order valence-corrected chi connectivity index (χ4v) is 5.42. The number of benzene rings is 1. The predicted molar refractivity (Wildman–Crippen MR) is 92.2 cm³/mol. The quantitative estimate of drug-likeness (QED) is 0.799. The van der Waals surface area contributed by atoms with Gasteiger partial charge in [0.15, 0.2) is 0 Å². The molecule has 0 amide bonds. The van der Waals surface area contributed by atoms with Crippen LogP contribution < -0.4 is 5.32 Å². The van der Waals surface area contributed by atoms with Crippen LogP contribution in [0.4, 0.5) is 13.2 Å². The monoisotopic (exact) mass is 355 g/mol. The van der Waals surface area contributed by atoms with Gasteiger partial charge in [-0.2, -0.15) is 13.2 Å². The number of aliphatic hydroxyl groups is 1. The standard InChI is InChI=1S/C20H28F3NO/c1-2-11-19(15-8-3-4-9-16(15)20(21,22)23)18(13-7-14-24-19)12-6-5-10-17(18)25/h3-4,8-9,17,24-25H,2,5-7,10-14H2,1H3. The van der Waals surface area contributed by atoms with Crippen molar-refractivity contribution in [3.8, 4) is 0 Å². The molecule has 1 aliphatic heterocycles. The maximum Gasteiger partial charge on any atom is 0.416 e. The Labute approximate surface area is 147 Å². The molecule has 2 nitrogen and oxygen atoms in total. The van der Waals surface area contributed by atoms with E-state index >= 15 is 0 Å². The number of rotatable bonds is 3. The van der Waals surface area contributed by atoms with E-state index in [2.05, 4.69) is 5.32 Å². The van der Waals surface area contributed by atoms with Crippen molar-refractivity contribution >= 4 is 0 Å². The first kappa shape index (κ1) is 18.7. The lowest BCUT2D eigenvalue weighted by Gasteiger charge is -2.59. The maximum absolute atomic E-state index is 13.8. The van der Waals surface area contributed by atoms with Crippen molar-refractivity contribution in [1.29, 1.82) is 0 Å². The van der Waals surface area contributed by atoms with Crippen molar-refractivity contribution < 1.29 is 18.3 Å². The van der Waals surface area contributed by atoms with Crippen LogP contribution in [-0.2, 0) is 11.7 Å². The average molecular weight is 355 g/mol. The Bertz CT molecular complexity index is 593. The lowest BCUT2D eigenvalue weighted by Crippen LogP contribution is -2.64. The molecule has 1 aromatic rings. The largest absolute Gasteiger partial charge is 0.416 e. The summed E-state index contributed by atoms with van der Waals surface area (Å²) in [5.74, 6) is 0. The zero-order valence-electron chi connectivity index (χ0n) is 14.8. The number of hydrogen-bond acceptors (Lipinski definition) is 2. The predicted octanol–water partition coefficient (Wildman–Crippen LogP) is 5.01. The van der Waals surface area contributed by atoms with E-state index < -0.39 is 28.8 Å². The highest BCUT2D eigenvalue weighted by atomic mass is 19.4. The molecule has 5 heteroatoms. The number of halogens is 3. The highest BCUT2D eigenvalue weighted by Crippen LogP contribution is 2.58. The van der Waals surface area contributed by atoms with Crippen molar-refractivity contribution in [3.05, 3.63) is 35.4 Å². The summed E-state index contributed by atoms with van der Waals surface area (Å²) < 4.78 is 41.3. The zero-order chi connectivity index (χ0) is 18.1. The van der Waals surface area contributed by atoms with Gasteiger partial charge in [-0.05, 0) is 50.3 Å². The summed E-state index contributed by atoms with van der Waals surface area (Å²) in [4.78, 5) is 0. The van der Waals surface area contributed by atoms with Crippen molar-refractivity contribution in [2.45, 2.75) is 76.1 Å². The van der Waals surface area contributed by atoms with E-state index in [1.54, 1.807) is 12.1 Å². The van der Waals surface area contributed by atoms with E-state index in [0.717, 1.165) is 38.5 Å². The Morgan fingerprint density at radius 3 is 2.56 bits per heavy atom. The second-order valence-corrected chi connectivity index (χ2v) is 7.65. The Hall–Kier alpha value is -1.07. The van der Waals surface area contributed by atoms with Gasteiger partial charge in [0.05, 0.1) is 17.2 Å². The Balaban J connectivity index is 2.22. The van der Waals surface area contributed by atoms with E-state index in [4.69, 9.17) is 0 Å². The van der Waals surface area contributed by atoms with E-state index in [1.807, 2.05) is 6.92 Å². The molecule has 0 radical (unpaired) electrons. The van der Waals surface area contributed by atoms with Gasteiger partial charge in [-0.3, -0.25) is 0 Å². The van der Waals surface area contributed by atoms with Crippen LogP contribution in [0, 0.1) is 5.41 Å². The third-order valence-electron chi connectivity index (χ3n) is 6.38. The van der Waals surface area contributed by atoms with Crippen LogP contribution in [0.1, 0.15) is 69.4 Å². The first-order valence-corrected chi connectivity index (χ1v) is 9.47. The van der Waals surface area contributed by atoms with Gasteiger partial charge in [0, 0.05) is 5.41 Å². The Kier molecular flexibility index (Phi) is 5.18. The molecule has 1 spiro atoms. The molecule has 3 rings (SSSR count). The zero-order valence-corrected chi connectivity index (χ0v) is 14.8. The van der Waals surface area contributed by atoms with Crippen LogP contribution in [0.3, 0.4) is 0 Å². The minimum absolute atomic E-state index is 0.324. The lowest BCUT2D eigenvalue weighted by molar-refractivity contribution is -0.144. The number of aliphatic hydroxyl groups excluding tert-OH is 1. The van der Waals surface area contributed by atoms with Gasteiger partial charge in [0.25, 0.3) is 0 Å². The summed E-state index contributed by atoms with van der Waals surface area (Å²) in [5.41, 5.74) is -1.56. The molecule has 0 aromatic heterocycles. The van der Waals surface area contributed by atoms with Crippen molar-refractivity contribution in [1.82, 2.24) is 5.32 Å². The molecule has 3 atom stereocenters. The topological polar surface area (TPSA) is 32.3 Å². The molecule has 1 saturated heterocycles. The number of alkyl halides is 3. The van der Waals surface area contributed by atoms with E-state index in [0.29, 0.717) is 24.9 Å². The molecule has 1 heterocycles. The lowest BCUT2D eigenvalue weighted by atomic mass is 9.52. The molecule has 3 unspecified atom stereocenters. The smallest absolute Gasteiger partial charge is 0.392 e. The van der Waals surface area contributed by atoms with Gasteiger partial charge in [0.2, 0.25) is 0 Å². The van der Waals surface area contributed by atoms with Gasteiger partial charge in [-0.25, -0.2) is 0 Å². The molecule has 1 saturated carbocycles. The minimum atomic E-state index is -4.39. The highest BCUT2D eigenvalue weighted by Gasteiger charge is 2.58. The van der Waals surface area contributed by atoms with Crippen molar-refractivity contribution in [3.63, 3.8) is 0 Å². The second-order valence-electron chi connectivity index (χ2n) is 7.65. The highest BCUT2D eigenvalue weighted by molar-refractivity contribution is 5.39. The summed E-state index contributed by atoms with van der Waals surface area (Å²) in [6.07, 6.45) is 1.51. The summed E-state index contributed by atoms with van der Waals surface area (Å²) in [5, 5.41) is 14.5. The first-order chi connectivity index (χ1) is 11.9. The maximum atomic E-state index is 13.8. The molecule has 140 valence electrons. The summed E-state index contributed by atoms with van der Waals surface area (Å²) in [6.45, 7) is 2.71. The third-order valence-corrected chi connectivity index (χ3v) is 6.38. The molecule has 0 bridgehead atoms. The van der Waals surface area contributed by atoms with Crippen molar-refractivity contribution in [2.24, 2.45) is 5.41 Å². The van der Waals surface area contributed by atoms with Crippen LogP contribution in [0.25, 0.3) is 0 Å². The molecular weight excluding hydrogens is 327 g/mol. The molecule has 2 N–H and O–H groups in total. The summed E-state index contributed by atoms with van der Waals surface area (Å²) >= 11 is 0. The van der Waals surface area contributed by atoms with Gasteiger partial charge < -0.3 is 10.4 Å². The van der Waals surface area contributed by atoms with Crippen LogP contribution in [0.2, 0.25) is 0 Å². The van der Waals surface area contributed by atoms with Crippen LogP contribution >= 0.6 is 0 Å². The number of piperidine rings is 1. The fourth-order valence-electron chi connectivity index (χ4n) is 5.42. The Morgan fingerprint density at radius 1 is 1.16 bits per heavy atom. The molecule has 1 aliphatic carbocycles. The summed E-state index contributed by atoms with van der Waals surface area (Å²) in [7, 11) is 0. The molecule has 2 aliphatic rings. The average Bonchev–Trinajstić information content (AvgIpc) is 2.59. The van der Waals surface area contributed by atoms with Crippen LogP contribution in [-0.4, -0.2) is 17.8 Å². The van der Waals surface area contributed by atoms with Gasteiger partial charge >= 0.3 is 6.18 Å². The van der Waals surface area contributed by atoms with Crippen LogP contribution in [0.15, 0.2) is 24.3 Å². The summed E-state index contributed by atoms with van der Waals surface area (Å²) in [6, 6.07) is 5.96. The van der Waals surface area contributed by atoms with E-state index in [1.165, 1.54) is 12.1 Å². The number of hydrogen-bond donors (Lipinski definition) is 2.